The zero-order chi connectivity index (χ0) is 17.8. The number of nitrogens with one attached hydrogen (secondary N) is 1. The summed E-state index contributed by atoms with van der Waals surface area (Å²) in [6.45, 7) is 10.2. The highest BCUT2D eigenvalue weighted by Gasteiger charge is 2.67. The van der Waals surface area contributed by atoms with Crippen molar-refractivity contribution < 1.29 is 23.1 Å². The van der Waals surface area contributed by atoms with Gasteiger partial charge in [0, 0.05) is 11.5 Å². The molecule has 0 saturated heterocycles. The average Bonchev–Trinajstić information content (AvgIpc) is 3.24. The first-order chi connectivity index (χ1) is 10.3. The summed E-state index contributed by atoms with van der Waals surface area (Å²) in [6.07, 6.45) is 1.47. The van der Waals surface area contributed by atoms with Gasteiger partial charge in [-0.25, -0.2) is 13.2 Å². The summed E-state index contributed by atoms with van der Waals surface area (Å²) in [5.74, 6) is -1.19. The Morgan fingerprint density at radius 1 is 1.35 bits per heavy atom. The molecule has 0 bridgehead atoms. The fraction of sp³-hybridized carbons (Fsp3) is 0.733. The number of sulfonamides is 1. The fourth-order valence-corrected chi connectivity index (χ4v) is 4.32. The van der Waals surface area contributed by atoms with E-state index in [2.05, 4.69) is 11.3 Å². The van der Waals surface area contributed by atoms with E-state index in [4.69, 9.17) is 0 Å². The molecule has 2 aliphatic rings. The fourth-order valence-electron chi connectivity index (χ4n) is 3.01. The van der Waals surface area contributed by atoms with E-state index in [1.165, 1.54) is 6.08 Å². The normalized spacial score (nSPS) is 28.6. The lowest BCUT2D eigenvalue weighted by Crippen LogP contribution is -2.60. The van der Waals surface area contributed by atoms with E-state index in [-0.39, 0.29) is 6.42 Å². The van der Waals surface area contributed by atoms with Gasteiger partial charge in [0.05, 0.1) is 4.75 Å². The highest BCUT2D eigenvalue weighted by Crippen LogP contribution is 2.53. The van der Waals surface area contributed by atoms with Crippen LogP contribution in [0, 0.1) is 5.92 Å². The Bertz CT molecular complexity index is 660. The molecule has 0 spiro atoms. The molecule has 0 aliphatic heterocycles. The molecule has 0 radical (unpaired) electrons. The second kappa shape index (κ2) is 4.96. The third kappa shape index (κ3) is 2.73. The number of carbonyl (C=O) groups is 2. The van der Waals surface area contributed by atoms with Crippen LogP contribution in [0.15, 0.2) is 12.7 Å². The van der Waals surface area contributed by atoms with Crippen LogP contribution in [-0.2, 0) is 14.8 Å². The van der Waals surface area contributed by atoms with Crippen molar-refractivity contribution in [2.24, 2.45) is 5.92 Å². The Kier molecular flexibility index (Phi) is 3.83. The van der Waals surface area contributed by atoms with Crippen molar-refractivity contribution >= 4 is 22.0 Å². The van der Waals surface area contributed by atoms with Gasteiger partial charge in [0.15, 0.2) is 0 Å². The van der Waals surface area contributed by atoms with E-state index in [1.54, 1.807) is 27.7 Å². The van der Waals surface area contributed by atoms with Crippen LogP contribution in [0.4, 0.5) is 4.79 Å². The van der Waals surface area contributed by atoms with E-state index >= 15 is 0 Å². The van der Waals surface area contributed by atoms with Gasteiger partial charge in [-0.15, -0.1) is 6.58 Å². The molecule has 2 N–H and O–H groups in total. The maximum Gasteiger partial charge on any atom is 0.408 e. The van der Waals surface area contributed by atoms with Crippen molar-refractivity contribution in [1.29, 1.82) is 0 Å². The summed E-state index contributed by atoms with van der Waals surface area (Å²) >= 11 is 0. The highest BCUT2D eigenvalue weighted by molar-refractivity contribution is 7.91. The number of amides is 2. The summed E-state index contributed by atoms with van der Waals surface area (Å²) in [6, 6.07) is 0. The first kappa shape index (κ1) is 17.8. The van der Waals surface area contributed by atoms with Gasteiger partial charge in [0.2, 0.25) is 10.0 Å². The smallest absolute Gasteiger partial charge is 0.408 e. The Morgan fingerprint density at radius 3 is 2.17 bits per heavy atom. The zero-order valence-corrected chi connectivity index (χ0v) is 14.7. The van der Waals surface area contributed by atoms with E-state index in [0.717, 1.165) is 4.90 Å². The average molecular weight is 344 g/mol. The maximum atomic E-state index is 12.7. The molecule has 0 unspecified atom stereocenters. The molecule has 7 nitrogen and oxygen atoms in total. The van der Waals surface area contributed by atoms with Crippen molar-refractivity contribution in [3.05, 3.63) is 12.7 Å². The Morgan fingerprint density at radius 2 is 1.87 bits per heavy atom. The molecule has 8 heteroatoms. The van der Waals surface area contributed by atoms with Gasteiger partial charge in [-0.1, -0.05) is 6.08 Å². The molecule has 2 aliphatic carbocycles. The molecule has 2 atom stereocenters. The van der Waals surface area contributed by atoms with Crippen LogP contribution in [0.2, 0.25) is 0 Å². The second-order valence-electron chi connectivity index (χ2n) is 7.64. The Hall–Kier alpha value is -1.57. The quantitative estimate of drug-likeness (QED) is 0.739. The minimum absolute atomic E-state index is 0.234. The predicted molar refractivity (Wildman–Crippen MR) is 85.4 cm³/mol. The SMILES string of the molecule is C=C[C@@H]1C[C@@]1(C(=O)NS(=O)(=O)C1(C)CC1)N(C(=O)O)C(C)(C)C. The highest BCUT2D eigenvalue weighted by atomic mass is 32.2. The molecule has 130 valence electrons. The topological polar surface area (TPSA) is 104 Å². The molecule has 2 amide bonds. The molecule has 0 aromatic heterocycles. The molecule has 0 aromatic rings. The minimum atomic E-state index is -3.82. The largest absolute Gasteiger partial charge is 0.465 e. The van der Waals surface area contributed by atoms with Crippen molar-refractivity contribution in [2.45, 2.75) is 62.8 Å². The second-order valence-corrected chi connectivity index (χ2v) is 9.84. The molecular formula is C15H24N2O5S. The number of carboxylic acid groups (broad SMARTS) is 1. The maximum absolute atomic E-state index is 12.7. The van der Waals surface area contributed by atoms with Crippen LogP contribution >= 0.6 is 0 Å². The number of nitrogens with zero attached hydrogens (tertiary/aromatic N) is 1. The van der Waals surface area contributed by atoms with Gasteiger partial charge >= 0.3 is 6.09 Å². The summed E-state index contributed by atoms with van der Waals surface area (Å²) in [5, 5.41) is 9.58. The van der Waals surface area contributed by atoms with Gasteiger partial charge in [-0.2, -0.15) is 0 Å². The van der Waals surface area contributed by atoms with Crippen LogP contribution in [0.25, 0.3) is 0 Å². The van der Waals surface area contributed by atoms with Crippen LogP contribution in [0.1, 0.15) is 47.0 Å². The monoisotopic (exact) mass is 344 g/mol. The molecule has 2 saturated carbocycles. The third-order valence-corrected chi connectivity index (χ3v) is 6.91. The van der Waals surface area contributed by atoms with Gasteiger partial charge in [0.25, 0.3) is 5.91 Å². The molecule has 0 aromatic carbocycles. The van der Waals surface area contributed by atoms with Gasteiger partial charge in [-0.3, -0.25) is 14.4 Å². The number of rotatable bonds is 5. The number of hydrogen-bond donors (Lipinski definition) is 2. The molecule has 2 rings (SSSR count). The summed E-state index contributed by atoms with van der Waals surface area (Å²) in [4.78, 5) is 25.5. The van der Waals surface area contributed by atoms with Gasteiger partial charge in [-0.05, 0) is 47.0 Å². The minimum Gasteiger partial charge on any atom is -0.465 e. The van der Waals surface area contributed by atoms with Crippen LogP contribution in [-0.4, -0.2) is 46.2 Å². The van der Waals surface area contributed by atoms with E-state index in [0.29, 0.717) is 12.8 Å². The first-order valence-electron chi connectivity index (χ1n) is 7.54. The standard InChI is InChI=1S/C15H24N2O5S/c1-6-10-9-15(10,17(12(19)20)13(2,3)4)11(18)16-23(21,22)14(5)7-8-14/h6,10H,1,7-9H2,2-5H3,(H,16,18)(H,19,20)/t10-,15-/m1/s1. The summed E-state index contributed by atoms with van der Waals surface area (Å²) < 4.78 is 25.8. The van der Waals surface area contributed by atoms with Crippen molar-refractivity contribution in [3.8, 4) is 0 Å². The van der Waals surface area contributed by atoms with Crippen molar-refractivity contribution in [2.75, 3.05) is 0 Å². The van der Waals surface area contributed by atoms with Crippen molar-refractivity contribution in [1.82, 2.24) is 9.62 Å². The Balaban J connectivity index is 2.37. The third-order valence-electron chi connectivity index (χ3n) is 4.75. The molecular weight excluding hydrogens is 320 g/mol. The first-order valence-corrected chi connectivity index (χ1v) is 9.03. The lowest BCUT2D eigenvalue weighted by atomic mass is 10.00. The van der Waals surface area contributed by atoms with Crippen LogP contribution in [0.5, 0.6) is 0 Å². The number of hydrogen-bond acceptors (Lipinski definition) is 4. The van der Waals surface area contributed by atoms with Crippen LogP contribution in [0.3, 0.4) is 0 Å². The summed E-state index contributed by atoms with van der Waals surface area (Å²) in [5.41, 5.74) is -2.27. The zero-order valence-electron chi connectivity index (χ0n) is 13.9. The lowest BCUT2D eigenvalue weighted by molar-refractivity contribution is -0.128. The molecule has 2 fully saturated rings. The predicted octanol–water partition coefficient (Wildman–Crippen LogP) is 1.71. The van der Waals surface area contributed by atoms with E-state index in [1.807, 2.05) is 0 Å². The van der Waals surface area contributed by atoms with E-state index in [9.17, 15) is 23.1 Å². The Labute approximate surface area is 136 Å². The van der Waals surface area contributed by atoms with Crippen molar-refractivity contribution in [3.63, 3.8) is 0 Å². The van der Waals surface area contributed by atoms with Gasteiger partial charge in [0.1, 0.15) is 5.54 Å². The molecule has 23 heavy (non-hydrogen) atoms. The molecule has 0 heterocycles. The van der Waals surface area contributed by atoms with E-state index < -0.39 is 43.8 Å². The number of carbonyl (C=O) groups excluding carboxylic acids is 1. The van der Waals surface area contributed by atoms with Gasteiger partial charge < -0.3 is 5.11 Å². The lowest BCUT2D eigenvalue weighted by Gasteiger charge is -2.39. The van der Waals surface area contributed by atoms with Crippen LogP contribution < -0.4 is 4.72 Å². The summed E-state index contributed by atoms with van der Waals surface area (Å²) in [7, 11) is -3.82.